The topological polar surface area (TPSA) is 64.4 Å². The Kier molecular flexibility index (Phi) is 4.65. The third kappa shape index (κ3) is 3.64. The lowest BCUT2D eigenvalue weighted by Gasteiger charge is -2.11. The average Bonchev–Trinajstić information content (AvgIpc) is 2.47. The maximum absolute atomic E-state index is 10.8. The van der Waals surface area contributed by atoms with Crippen molar-refractivity contribution in [3.63, 3.8) is 0 Å². The van der Waals surface area contributed by atoms with Crippen molar-refractivity contribution < 1.29 is 9.66 Å². The molecule has 6 heteroatoms. The number of halogens is 1. The Balaban J connectivity index is 2.16. The second-order valence-corrected chi connectivity index (χ2v) is 4.99. The van der Waals surface area contributed by atoms with Gasteiger partial charge in [-0.2, -0.15) is 0 Å². The highest BCUT2D eigenvalue weighted by atomic mass is 35.5. The van der Waals surface area contributed by atoms with Gasteiger partial charge >= 0.3 is 0 Å². The summed E-state index contributed by atoms with van der Waals surface area (Å²) < 4.78 is 5.17. The van der Waals surface area contributed by atoms with Gasteiger partial charge < -0.3 is 10.1 Å². The van der Waals surface area contributed by atoms with Crippen molar-refractivity contribution in [1.82, 2.24) is 0 Å². The van der Waals surface area contributed by atoms with Crippen molar-refractivity contribution in [3.8, 4) is 5.75 Å². The quantitative estimate of drug-likeness (QED) is 0.665. The van der Waals surface area contributed by atoms with Crippen LogP contribution in [-0.4, -0.2) is 12.0 Å². The molecule has 0 aliphatic rings. The second-order valence-electron chi connectivity index (χ2n) is 4.58. The van der Waals surface area contributed by atoms with E-state index >= 15 is 0 Å². The predicted molar refractivity (Wildman–Crippen MR) is 83.2 cm³/mol. The molecular formula is C15H15ClN2O3. The molecule has 0 heterocycles. The molecule has 0 aliphatic carbocycles. The molecule has 0 saturated heterocycles. The van der Waals surface area contributed by atoms with Crippen molar-refractivity contribution in [3.05, 3.63) is 62.7 Å². The van der Waals surface area contributed by atoms with Gasteiger partial charge in [0.25, 0.3) is 5.69 Å². The van der Waals surface area contributed by atoms with E-state index in [-0.39, 0.29) is 10.7 Å². The minimum absolute atomic E-state index is 0.0823. The fraction of sp³-hybridized carbons (Fsp3) is 0.200. The van der Waals surface area contributed by atoms with E-state index < -0.39 is 4.92 Å². The van der Waals surface area contributed by atoms with E-state index in [9.17, 15) is 10.1 Å². The molecule has 0 spiro atoms. The first kappa shape index (κ1) is 15.1. The number of nitro groups is 1. The molecule has 0 atom stereocenters. The number of benzene rings is 2. The molecule has 2 aromatic carbocycles. The Morgan fingerprint density at radius 3 is 2.76 bits per heavy atom. The zero-order valence-corrected chi connectivity index (χ0v) is 12.5. The van der Waals surface area contributed by atoms with E-state index in [1.807, 2.05) is 24.3 Å². The van der Waals surface area contributed by atoms with Crippen LogP contribution in [0.2, 0.25) is 5.02 Å². The summed E-state index contributed by atoms with van der Waals surface area (Å²) in [6, 6.07) is 10.7. The number of rotatable bonds is 5. The van der Waals surface area contributed by atoms with Gasteiger partial charge in [-0.05, 0) is 36.2 Å². The number of methoxy groups -OCH3 is 1. The van der Waals surface area contributed by atoms with Crippen LogP contribution in [0.3, 0.4) is 0 Å². The minimum atomic E-state index is -0.485. The van der Waals surface area contributed by atoms with Crippen LogP contribution in [0.25, 0.3) is 0 Å². The largest absolute Gasteiger partial charge is 0.497 e. The van der Waals surface area contributed by atoms with Crippen molar-refractivity contribution in [2.75, 3.05) is 12.4 Å². The summed E-state index contributed by atoms with van der Waals surface area (Å²) in [6.45, 7) is 2.38. The molecule has 0 unspecified atom stereocenters. The van der Waals surface area contributed by atoms with Crippen LogP contribution < -0.4 is 10.1 Å². The van der Waals surface area contributed by atoms with Gasteiger partial charge in [0.05, 0.1) is 12.0 Å². The van der Waals surface area contributed by atoms with E-state index in [0.717, 1.165) is 22.6 Å². The molecule has 0 fully saturated rings. The van der Waals surface area contributed by atoms with Gasteiger partial charge in [-0.1, -0.05) is 23.7 Å². The van der Waals surface area contributed by atoms with Crippen molar-refractivity contribution >= 4 is 23.0 Å². The van der Waals surface area contributed by atoms with E-state index in [1.54, 1.807) is 20.1 Å². The number of anilines is 1. The fourth-order valence-corrected chi connectivity index (χ4v) is 2.21. The second kappa shape index (κ2) is 6.45. The van der Waals surface area contributed by atoms with Gasteiger partial charge in [-0.15, -0.1) is 0 Å². The average molecular weight is 307 g/mol. The molecule has 0 radical (unpaired) electrons. The number of ether oxygens (including phenoxy) is 1. The zero-order valence-electron chi connectivity index (χ0n) is 11.7. The van der Waals surface area contributed by atoms with E-state index in [4.69, 9.17) is 16.3 Å². The molecule has 0 bridgehead atoms. The molecule has 21 heavy (non-hydrogen) atoms. The summed E-state index contributed by atoms with van der Waals surface area (Å²) in [5.74, 6) is 0.785. The summed E-state index contributed by atoms with van der Waals surface area (Å²) in [5, 5.41) is 14.2. The first-order valence-corrected chi connectivity index (χ1v) is 6.70. The Morgan fingerprint density at radius 1 is 1.33 bits per heavy atom. The lowest BCUT2D eigenvalue weighted by Crippen LogP contribution is -2.02. The Morgan fingerprint density at radius 2 is 2.10 bits per heavy atom. The zero-order chi connectivity index (χ0) is 15.4. The highest BCUT2D eigenvalue weighted by molar-refractivity contribution is 6.33. The predicted octanol–water partition coefficient (Wildman–Crippen LogP) is 4.18. The molecule has 0 aromatic heterocycles. The number of nitrogens with one attached hydrogen (secondary N) is 1. The molecular weight excluding hydrogens is 292 g/mol. The maximum atomic E-state index is 10.8. The molecule has 0 aliphatic heterocycles. The molecule has 110 valence electrons. The van der Waals surface area contributed by atoms with Gasteiger partial charge in [0.1, 0.15) is 10.8 Å². The SMILES string of the molecule is COc1cccc(CNc2cc(Cl)c([N+](=O)[O-])cc2C)c1. The molecule has 2 rings (SSSR count). The number of hydrogen-bond acceptors (Lipinski definition) is 4. The lowest BCUT2D eigenvalue weighted by molar-refractivity contribution is -0.384. The van der Waals surface area contributed by atoms with Crippen LogP contribution >= 0.6 is 11.6 Å². The van der Waals surface area contributed by atoms with Gasteiger partial charge in [0.2, 0.25) is 0 Å². The number of hydrogen-bond donors (Lipinski definition) is 1. The van der Waals surface area contributed by atoms with Crippen molar-refractivity contribution in [2.45, 2.75) is 13.5 Å². The van der Waals surface area contributed by atoms with Crippen LogP contribution in [0.5, 0.6) is 5.75 Å². The van der Waals surface area contributed by atoms with Gasteiger partial charge in [-0.3, -0.25) is 10.1 Å². The Labute approximate surface area is 127 Å². The normalized spacial score (nSPS) is 10.2. The fourth-order valence-electron chi connectivity index (χ4n) is 1.98. The first-order valence-electron chi connectivity index (χ1n) is 6.32. The molecule has 2 aromatic rings. The Bertz CT molecular complexity index is 674. The maximum Gasteiger partial charge on any atom is 0.288 e. The van der Waals surface area contributed by atoms with Crippen LogP contribution in [0.1, 0.15) is 11.1 Å². The summed E-state index contributed by atoms with van der Waals surface area (Å²) in [4.78, 5) is 10.3. The summed E-state index contributed by atoms with van der Waals surface area (Å²) >= 11 is 5.92. The lowest BCUT2D eigenvalue weighted by atomic mass is 10.1. The molecule has 0 amide bonds. The Hall–Kier alpha value is -2.27. The van der Waals surface area contributed by atoms with E-state index in [1.165, 1.54) is 6.07 Å². The number of nitro benzene ring substituents is 1. The van der Waals surface area contributed by atoms with Crippen LogP contribution in [0.15, 0.2) is 36.4 Å². The minimum Gasteiger partial charge on any atom is -0.497 e. The summed E-state index contributed by atoms with van der Waals surface area (Å²) in [5.41, 5.74) is 2.51. The monoisotopic (exact) mass is 306 g/mol. The first-order chi connectivity index (χ1) is 10.0. The molecule has 5 nitrogen and oxygen atoms in total. The smallest absolute Gasteiger partial charge is 0.288 e. The summed E-state index contributed by atoms with van der Waals surface area (Å²) in [6.07, 6.45) is 0. The highest BCUT2D eigenvalue weighted by Gasteiger charge is 2.14. The number of nitrogens with zero attached hydrogens (tertiary/aromatic N) is 1. The van der Waals surface area contributed by atoms with E-state index in [0.29, 0.717) is 6.54 Å². The standard InChI is InChI=1S/C15H15ClN2O3/c1-10-6-15(18(19)20)13(16)8-14(10)17-9-11-4-3-5-12(7-11)21-2/h3-8,17H,9H2,1-2H3. The van der Waals surface area contributed by atoms with Crippen molar-refractivity contribution in [2.24, 2.45) is 0 Å². The van der Waals surface area contributed by atoms with Gasteiger partial charge in [0.15, 0.2) is 0 Å². The third-order valence-corrected chi connectivity index (χ3v) is 3.41. The molecule has 0 saturated carbocycles. The van der Waals surface area contributed by atoms with Crippen LogP contribution in [0, 0.1) is 17.0 Å². The van der Waals surface area contributed by atoms with Gasteiger partial charge in [0, 0.05) is 18.3 Å². The highest BCUT2D eigenvalue weighted by Crippen LogP contribution is 2.30. The van der Waals surface area contributed by atoms with Crippen LogP contribution in [-0.2, 0) is 6.54 Å². The molecule has 1 N–H and O–H groups in total. The summed E-state index contributed by atoms with van der Waals surface area (Å²) in [7, 11) is 1.62. The number of aryl methyl sites for hydroxylation is 1. The van der Waals surface area contributed by atoms with Crippen LogP contribution in [0.4, 0.5) is 11.4 Å². The van der Waals surface area contributed by atoms with Gasteiger partial charge in [-0.25, -0.2) is 0 Å². The van der Waals surface area contributed by atoms with Crippen molar-refractivity contribution in [1.29, 1.82) is 0 Å². The van der Waals surface area contributed by atoms with E-state index in [2.05, 4.69) is 5.32 Å². The third-order valence-electron chi connectivity index (χ3n) is 3.11.